The van der Waals surface area contributed by atoms with Crippen molar-refractivity contribution in [2.75, 3.05) is 11.5 Å². The molecule has 3 fully saturated rings. The number of aromatic nitrogens is 3. The quantitative estimate of drug-likeness (QED) is 0.741. The molecule has 1 N–H and O–H groups in total. The lowest BCUT2D eigenvalue weighted by Gasteiger charge is -2.31. The van der Waals surface area contributed by atoms with Crippen LogP contribution in [0.2, 0.25) is 0 Å². The molecule has 5 rings (SSSR count). The number of amides is 1. The van der Waals surface area contributed by atoms with E-state index in [-0.39, 0.29) is 40.8 Å². The zero-order chi connectivity index (χ0) is 22.2. The van der Waals surface area contributed by atoms with E-state index in [4.69, 9.17) is 0 Å². The molecule has 172 valence electrons. The molecule has 2 aromatic rings. The van der Waals surface area contributed by atoms with Crippen molar-refractivity contribution in [3.8, 4) is 0 Å². The molecule has 3 aliphatic rings. The first-order chi connectivity index (χ1) is 15.5. The first kappa shape index (κ1) is 21.7. The van der Waals surface area contributed by atoms with Gasteiger partial charge in [-0.2, -0.15) is 11.8 Å². The van der Waals surface area contributed by atoms with Gasteiger partial charge < -0.3 is 5.32 Å². The van der Waals surface area contributed by atoms with Crippen LogP contribution in [0, 0.1) is 11.7 Å². The highest BCUT2D eigenvalue weighted by molar-refractivity contribution is 7.99. The Bertz CT molecular complexity index is 1130. The molecule has 2 saturated carbocycles. The lowest BCUT2D eigenvalue weighted by Crippen LogP contribution is -2.46. The summed E-state index contributed by atoms with van der Waals surface area (Å²) in [5, 5.41) is 3.29. The monoisotopic (exact) mass is 460 g/mol. The van der Waals surface area contributed by atoms with Gasteiger partial charge >= 0.3 is 5.69 Å². The smallest absolute Gasteiger partial charge is 0.333 e. The minimum atomic E-state index is -0.576. The maximum Gasteiger partial charge on any atom is 0.333 e. The van der Waals surface area contributed by atoms with Gasteiger partial charge in [-0.3, -0.25) is 18.7 Å². The van der Waals surface area contributed by atoms with Crippen molar-refractivity contribution < 1.29 is 9.18 Å². The van der Waals surface area contributed by atoms with Gasteiger partial charge in [0.15, 0.2) is 0 Å². The number of nitrogens with one attached hydrogen (secondary N) is 1. The average Bonchev–Trinajstić information content (AvgIpc) is 3.60. The van der Waals surface area contributed by atoms with Gasteiger partial charge in [-0.15, -0.1) is 0 Å². The second-order valence-electron chi connectivity index (χ2n) is 9.42. The van der Waals surface area contributed by atoms with E-state index in [9.17, 15) is 18.8 Å². The van der Waals surface area contributed by atoms with Crippen LogP contribution in [0.4, 0.5) is 4.39 Å². The molecule has 0 aromatic carbocycles. The summed E-state index contributed by atoms with van der Waals surface area (Å²) in [6.07, 6.45) is 8.37. The molecule has 1 aliphatic heterocycles. The van der Waals surface area contributed by atoms with Crippen LogP contribution in [0.1, 0.15) is 69.9 Å². The van der Waals surface area contributed by atoms with Crippen molar-refractivity contribution >= 4 is 28.7 Å². The number of hydrogen-bond acceptors (Lipinski definition) is 5. The van der Waals surface area contributed by atoms with Crippen molar-refractivity contribution in [1.29, 1.82) is 0 Å². The predicted octanol–water partition coefficient (Wildman–Crippen LogP) is 3.17. The van der Waals surface area contributed by atoms with Crippen LogP contribution in [0.25, 0.3) is 11.0 Å². The number of carbonyl (C=O) groups is 1. The van der Waals surface area contributed by atoms with Crippen LogP contribution in [0.15, 0.2) is 21.9 Å². The molecular weight excluding hydrogens is 431 g/mol. The summed E-state index contributed by atoms with van der Waals surface area (Å²) in [6.45, 7) is 0. The molecular formula is C23H29FN4O3S. The van der Waals surface area contributed by atoms with Crippen molar-refractivity contribution in [2.24, 2.45) is 5.92 Å². The third-order valence-electron chi connectivity index (χ3n) is 7.08. The van der Waals surface area contributed by atoms with Crippen LogP contribution >= 0.6 is 11.8 Å². The molecule has 0 atom stereocenters. The van der Waals surface area contributed by atoms with Crippen LogP contribution in [0.3, 0.4) is 0 Å². The Morgan fingerprint density at radius 3 is 2.41 bits per heavy atom. The van der Waals surface area contributed by atoms with Crippen LogP contribution in [0.5, 0.6) is 0 Å². The number of thioether (sulfide) groups is 1. The van der Waals surface area contributed by atoms with E-state index < -0.39 is 11.4 Å². The molecule has 3 heterocycles. The predicted molar refractivity (Wildman–Crippen MR) is 123 cm³/mol. The molecule has 2 aromatic heterocycles. The summed E-state index contributed by atoms with van der Waals surface area (Å²) < 4.78 is 17.0. The Morgan fingerprint density at radius 2 is 1.72 bits per heavy atom. The lowest BCUT2D eigenvalue weighted by molar-refractivity contribution is -0.122. The fourth-order valence-electron chi connectivity index (χ4n) is 5.15. The Balaban J connectivity index is 1.44. The fraction of sp³-hybridized carbons (Fsp3) is 0.652. The summed E-state index contributed by atoms with van der Waals surface area (Å²) in [4.78, 5) is 43.2. The Hall–Kier alpha value is -2.16. The largest absolute Gasteiger partial charge is 0.353 e. The highest BCUT2D eigenvalue weighted by atomic mass is 32.2. The van der Waals surface area contributed by atoms with E-state index in [1.54, 1.807) is 4.57 Å². The third-order valence-corrected chi connectivity index (χ3v) is 8.13. The first-order valence-electron chi connectivity index (χ1n) is 11.7. The summed E-state index contributed by atoms with van der Waals surface area (Å²) in [5.74, 6) is 1.98. The fourth-order valence-corrected chi connectivity index (χ4v) is 6.23. The Morgan fingerprint density at radius 1 is 1.03 bits per heavy atom. The summed E-state index contributed by atoms with van der Waals surface area (Å²) in [7, 11) is 0. The van der Waals surface area contributed by atoms with Gasteiger partial charge in [-0.05, 0) is 74.9 Å². The number of fused-ring (bicyclic) bond motifs is 1. The minimum Gasteiger partial charge on any atom is -0.353 e. The molecule has 2 aliphatic carbocycles. The van der Waals surface area contributed by atoms with Crippen molar-refractivity contribution in [1.82, 2.24) is 19.4 Å². The summed E-state index contributed by atoms with van der Waals surface area (Å²) in [6, 6.07) is 1.02. The lowest BCUT2D eigenvalue weighted by atomic mass is 9.90. The van der Waals surface area contributed by atoms with Crippen molar-refractivity contribution in [2.45, 2.75) is 75.9 Å². The second-order valence-corrected chi connectivity index (χ2v) is 10.6. The van der Waals surface area contributed by atoms with Gasteiger partial charge in [-0.25, -0.2) is 14.2 Å². The number of rotatable bonds is 5. The van der Waals surface area contributed by atoms with Gasteiger partial charge in [0.05, 0.1) is 11.6 Å². The molecule has 0 bridgehead atoms. The molecule has 7 nitrogen and oxygen atoms in total. The normalized spacial score (nSPS) is 24.5. The van der Waals surface area contributed by atoms with E-state index in [2.05, 4.69) is 10.3 Å². The number of carbonyl (C=O) groups excluding carboxylic acids is 1. The number of hydrogen-bond donors (Lipinski definition) is 1. The highest BCUT2D eigenvalue weighted by Gasteiger charge is 2.30. The number of pyridine rings is 1. The molecule has 9 heteroatoms. The van der Waals surface area contributed by atoms with E-state index in [1.165, 1.54) is 10.6 Å². The zero-order valence-electron chi connectivity index (χ0n) is 18.1. The average molecular weight is 461 g/mol. The maximum absolute atomic E-state index is 14.0. The van der Waals surface area contributed by atoms with Crippen molar-refractivity contribution in [3.05, 3.63) is 38.9 Å². The maximum atomic E-state index is 14.0. The standard InChI is InChI=1S/C23H29FN4O3S/c24-15-12-19-21(25-13-15)27(18-7-9-32-10-8-18)23(31)28(22(19)30)17-5-3-16(4-6-17)26-20(29)11-14-1-2-14/h12-14,16-18H,1-11H2,(H,26,29)/t16-,17+. The van der Waals surface area contributed by atoms with E-state index in [0.29, 0.717) is 25.2 Å². The van der Waals surface area contributed by atoms with E-state index in [1.807, 2.05) is 11.8 Å². The summed E-state index contributed by atoms with van der Waals surface area (Å²) >= 11 is 1.86. The van der Waals surface area contributed by atoms with Crippen LogP contribution in [-0.2, 0) is 4.79 Å². The third kappa shape index (κ3) is 4.36. The molecule has 1 amide bonds. The highest BCUT2D eigenvalue weighted by Crippen LogP contribution is 2.33. The van der Waals surface area contributed by atoms with E-state index in [0.717, 1.165) is 56.2 Å². The second kappa shape index (κ2) is 9.00. The van der Waals surface area contributed by atoms with Crippen molar-refractivity contribution in [3.63, 3.8) is 0 Å². The first-order valence-corrected chi connectivity index (χ1v) is 12.9. The molecule has 0 unspecified atom stereocenters. The van der Waals surface area contributed by atoms with Gasteiger partial charge in [-0.1, -0.05) is 0 Å². The van der Waals surface area contributed by atoms with Gasteiger partial charge in [0.1, 0.15) is 11.5 Å². The van der Waals surface area contributed by atoms with Crippen LogP contribution < -0.4 is 16.6 Å². The molecule has 0 radical (unpaired) electrons. The Labute approximate surface area is 189 Å². The van der Waals surface area contributed by atoms with Gasteiger partial charge in [0.25, 0.3) is 5.56 Å². The minimum absolute atomic E-state index is 0.0332. The SMILES string of the molecule is O=C(CC1CC1)N[C@H]1CC[C@@H](n2c(=O)c3cc(F)cnc3n(C3CCSCC3)c2=O)CC1. The van der Waals surface area contributed by atoms with Gasteiger partial charge in [0.2, 0.25) is 5.91 Å². The zero-order valence-corrected chi connectivity index (χ0v) is 18.9. The van der Waals surface area contributed by atoms with E-state index >= 15 is 0 Å². The topological polar surface area (TPSA) is 86.0 Å². The molecule has 1 saturated heterocycles. The molecule has 32 heavy (non-hydrogen) atoms. The summed E-state index contributed by atoms with van der Waals surface area (Å²) in [5.41, 5.74) is -0.505. The van der Waals surface area contributed by atoms with Gasteiger partial charge in [0, 0.05) is 24.5 Å². The van der Waals surface area contributed by atoms with Crippen LogP contribution in [-0.4, -0.2) is 37.6 Å². The number of halogens is 1. The Kier molecular flexibility index (Phi) is 6.09. The number of nitrogens with zero attached hydrogens (tertiary/aromatic N) is 3. The molecule has 0 spiro atoms.